The number of hydrogen-bond acceptors (Lipinski definition) is 9. The quantitative estimate of drug-likeness (QED) is 0.624. The highest BCUT2D eigenvalue weighted by Crippen LogP contribution is 2.31. The molecule has 2 unspecified atom stereocenters. The maximum atomic E-state index is 9.21. The molecule has 2 atom stereocenters. The first-order valence-electron chi connectivity index (χ1n) is 13.3. The first-order chi connectivity index (χ1) is 17.5. The number of piperazine rings is 1. The van der Waals surface area contributed by atoms with Crippen LogP contribution in [0.2, 0.25) is 5.02 Å². The summed E-state index contributed by atoms with van der Waals surface area (Å²) >= 11 is 6.59. The zero-order valence-electron chi connectivity index (χ0n) is 21.4. The highest BCUT2D eigenvalue weighted by Gasteiger charge is 2.30. The lowest BCUT2D eigenvalue weighted by Gasteiger charge is -2.42. The van der Waals surface area contributed by atoms with Gasteiger partial charge in [0.2, 0.25) is 5.95 Å². The number of nitrogens with zero attached hydrogens (tertiary/aromatic N) is 7. The van der Waals surface area contributed by atoms with Crippen molar-refractivity contribution in [3.63, 3.8) is 0 Å². The van der Waals surface area contributed by atoms with E-state index in [9.17, 15) is 5.11 Å². The summed E-state index contributed by atoms with van der Waals surface area (Å²) < 4.78 is 5.68. The van der Waals surface area contributed by atoms with E-state index in [1.54, 1.807) is 0 Å². The summed E-state index contributed by atoms with van der Waals surface area (Å²) in [4.78, 5) is 24.1. The van der Waals surface area contributed by atoms with Crippen molar-refractivity contribution in [2.45, 2.75) is 51.6 Å². The SMILES string of the molecule is CC1CN(c2ncc(CCO)cc2Cl)CCN1c1cc(N2CCCCC2)nc(N2CCOCC2C)n1. The smallest absolute Gasteiger partial charge is 0.229 e. The third kappa shape index (κ3) is 5.48. The van der Waals surface area contributed by atoms with Crippen LogP contribution < -0.4 is 19.6 Å². The van der Waals surface area contributed by atoms with Gasteiger partial charge in [-0.25, -0.2) is 4.98 Å². The Morgan fingerprint density at radius 3 is 2.47 bits per heavy atom. The van der Waals surface area contributed by atoms with Gasteiger partial charge in [0.1, 0.15) is 17.5 Å². The molecule has 1 N–H and O–H groups in total. The largest absolute Gasteiger partial charge is 0.396 e. The molecule has 0 bridgehead atoms. The van der Waals surface area contributed by atoms with E-state index in [-0.39, 0.29) is 18.7 Å². The molecular formula is C26H38ClN7O2. The van der Waals surface area contributed by atoms with Crippen LogP contribution in [0.3, 0.4) is 0 Å². The molecule has 0 aliphatic carbocycles. The number of aromatic nitrogens is 3. The number of rotatable bonds is 6. The normalized spacial score (nSPS) is 23.3. The highest BCUT2D eigenvalue weighted by molar-refractivity contribution is 6.33. The molecule has 0 saturated carbocycles. The lowest BCUT2D eigenvalue weighted by molar-refractivity contribution is 0.0981. The van der Waals surface area contributed by atoms with Gasteiger partial charge in [-0.2, -0.15) is 9.97 Å². The van der Waals surface area contributed by atoms with Crippen molar-refractivity contribution in [1.82, 2.24) is 15.0 Å². The summed E-state index contributed by atoms with van der Waals surface area (Å²) in [6, 6.07) is 4.58. The Morgan fingerprint density at radius 1 is 0.944 bits per heavy atom. The van der Waals surface area contributed by atoms with Gasteiger partial charge in [-0.1, -0.05) is 11.6 Å². The van der Waals surface area contributed by atoms with Crippen LogP contribution in [0.5, 0.6) is 0 Å². The number of piperidine rings is 1. The van der Waals surface area contributed by atoms with Crippen molar-refractivity contribution >= 4 is 35.0 Å². The fourth-order valence-corrected chi connectivity index (χ4v) is 5.76. The first kappa shape index (κ1) is 25.3. The van der Waals surface area contributed by atoms with E-state index in [0.717, 1.165) is 68.2 Å². The number of aliphatic hydroxyl groups excluding tert-OH is 1. The van der Waals surface area contributed by atoms with Gasteiger partial charge in [0.15, 0.2) is 0 Å². The standard InChI is InChI=1S/C26H38ClN7O2/c1-19-17-32(25-22(27)14-21(6-12-35)16-28-25)9-10-33(19)24-15-23(31-7-4-3-5-8-31)29-26(30-24)34-11-13-36-18-20(34)2/h14-16,19-20,35H,3-13,17-18H2,1-2H3. The van der Waals surface area contributed by atoms with E-state index in [1.165, 1.54) is 19.3 Å². The van der Waals surface area contributed by atoms with Crippen LogP contribution in [-0.2, 0) is 11.2 Å². The summed E-state index contributed by atoms with van der Waals surface area (Å²) in [5, 5.41) is 9.85. The molecule has 2 aromatic rings. The van der Waals surface area contributed by atoms with Gasteiger partial charge in [0.05, 0.1) is 24.3 Å². The molecule has 0 spiro atoms. The van der Waals surface area contributed by atoms with Crippen molar-refractivity contribution in [2.24, 2.45) is 0 Å². The Kier molecular flexibility index (Phi) is 7.98. The Labute approximate surface area is 219 Å². The molecule has 3 aliphatic heterocycles. The molecule has 3 aliphatic rings. The van der Waals surface area contributed by atoms with E-state index in [4.69, 9.17) is 26.3 Å². The van der Waals surface area contributed by atoms with Gasteiger partial charge in [0, 0.05) is 64.2 Å². The monoisotopic (exact) mass is 515 g/mol. The predicted octanol–water partition coefficient (Wildman–Crippen LogP) is 2.99. The molecule has 0 radical (unpaired) electrons. The van der Waals surface area contributed by atoms with Crippen LogP contribution in [0.4, 0.5) is 23.4 Å². The molecule has 2 aromatic heterocycles. The molecule has 5 heterocycles. The Balaban J connectivity index is 1.39. The molecule has 36 heavy (non-hydrogen) atoms. The Bertz CT molecular complexity index is 1040. The van der Waals surface area contributed by atoms with Gasteiger partial charge in [0.25, 0.3) is 0 Å². The lowest BCUT2D eigenvalue weighted by atomic mass is 10.1. The van der Waals surface area contributed by atoms with Crippen LogP contribution in [0.1, 0.15) is 38.7 Å². The molecule has 9 nitrogen and oxygen atoms in total. The number of hydrogen-bond donors (Lipinski definition) is 1. The van der Waals surface area contributed by atoms with Gasteiger partial charge in [-0.05, 0) is 51.2 Å². The number of pyridine rings is 1. The van der Waals surface area contributed by atoms with Gasteiger partial charge in [-0.15, -0.1) is 0 Å². The second-order valence-electron chi connectivity index (χ2n) is 10.2. The summed E-state index contributed by atoms with van der Waals surface area (Å²) in [5.74, 6) is 3.64. The van der Waals surface area contributed by atoms with Crippen molar-refractivity contribution in [2.75, 3.05) is 78.7 Å². The molecule has 196 valence electrons. The lowest BCUT2D eigenvalue weighted by Crippen LogP contribution is -2.53. The van der Waals surface area contributed by atoms with E-state index in [1.807, 2.05) is 12.3 Å². The van der Waals surface area contributed by atoms with Gasteiger partial charge in [-0.3, -0.25) is 0 Å². The summed E-state index contributed by atoms with van der Waals surface area (Å²) in [7, 11) is 0. The third-order valence-corrected chi connectivity index (χ3v) is 7.77. The van der Waals surface area contributed by atoms with Crippen molar-refractivity contribution < 1.29 is 9.84 Å². The second-order valence-corrected chi connectivity index (χ2v) is 10.6. The van der Waals surface area contributed by atoms with Crippen molar-refractivity contribution in [1.29, 1.82) is 0 Å². The van der Waals surface area contributed by atoms with Crippen molar-refractivity contribution in [3.05, 3.63) is 28.9 Å². The van der Waals surface area contributed by atoms with Crippen LogP contribution in [0.25, 0.3) is 0 Å². The van der Waals surface area contributed by atoms with Gasteiger partial charge >= 0.3 is 0 Å². The van der Waals surface area contributed by atoms with Gasteiger partial charge < -0.3 is 29.4 Å². The number of anilines is 4. The minimum Gasteiger partial charge on any atom is -0.396 e. The van der Waals surface area contributed by atoms with Crippen molar-refractivity contribution in [3.8, 4) is 0 Å². The number of halogens is 1. The minimum absolute atomic E-state index is 0.0939. The topological polar surface area (TPSA) is 81.1 Å². The maximum Gasteiger partial charge on any atom is 0.229 e. The van der Waals surface area contributed by atoms with Crippen LogP contribution in [-0.4, -0.2) is 91.2 Å². The predicted molar refractivity (Wildman–Crippen MR) is 145 cm³/mol. The van der Waals surface area contributed by atoms with Crippen LogP contribution in [0, 0.1) is 0 Å². The number of ether oxygens (including phenoxy) is 1. The summed E-state index contributed by atoms with van der Waals surface area (Å²) in [5.41, 5.74) is 0.953. The molecule has 3 saturated heterocycles. The van der Waals surface area contributed by atoms with E-state index >= 15 is 0 Å². The van der Waals surface area contributed by atoms with Crippen LogP contribution in [0.15, 0.2) is 18.3 Å². The third-order valence-electron chi connectivity index (χ3n) is 7.49. The van der Waals surface area contributed by atoms with E-state index in [0.29, 0.717) is 24.7 Å². The average molecular weight is 516 g/mol. The molecule has 10 heteroatoms. The van der Waals surface area contributed by atoms with Crippen LogP contribution >= 0.6 is 11.6 Å². The molecule has 3 fully saturated rings. The first-order valence-corrected chi connectivity index (χ1v) is 13.7. The number of morpholine rings is 1. The molecular weight excluding hydrogens is 478 g/mol. The fourth-order valence-electron chi connectivity index (χ4n) is 5.45. The highest BCUT2D eigenvalue weighted by atomic mass is 35.5. The second kappa shape index (κ2) is 11.4. The summed E-state index contributed by atoms with van der Waals surface area (Å²) in [6.45, 7) is 11.3. The zero-order chi connectivity index (χ0) is 25.1. The average Bonchev–Trinajstić information content (AvgIpc) is 2.89. The van der Waals surface area contributed by atoms with E-state index in [2.05, 4.69) is 44.5 Å². The Hall–Kier alpha value is -2.36. The molecule has 0 aromatic carbocycles. The minimum atomic E-state index is 0.0939. The number of aliphatic hydroxyl groups is 1. The summed E-state index contributed by atoms with van der Waals surface area (Å²) in [6.07, 6.45) is 6.09. The zero-order valence-corrected chi connectivity index (χ0v) is 22.2. The fraction of sp³-hybridized carbons (Fsp3) is 0.654. The van der Waals surface area contributed by atoms with E-state index < -0.39 is 0 Å². The Morgan fingerprint density at radius 2 is 1.75 bits per heavy atom. The molecule has 5 rings (SSSR count). The maximum absolute atomic E-state index is 9.21. The molecule has 0 amide bonds.